The summed E-state index contributed by atoms with van der Waals surface area (Å²) in [6, 6.07) is 4.62. The van der Waals surface area contributed by atoms with Gasteiger partial charge in [0.05, 0.1) is 0 Å². The molecule has 1 aromatic carbocycles. The van der Waals surface area contributed by atoms with Gasteiger partial charge in [-0.2, -0.15) is 0 Å². The van der Waals surface area contributed by atoms with Crippen molar-refractivity contribution in [3.8, 4) is 0 Å². The summed E-state index contributed by atoms with van der Waals surface area (Å²) in [7, 11) is 0. The van der Waals surface area contributed by atoms with Gasteiger partial charge in [0.1, 0.15) is 11.9 Å². The van der Waals surface area contributed by atoms with Crippen molar-refractivity contribution in [3.05, 3.63) is 34.1 Å². The van der Waals surface area contributed by atoms with Crippen LogP contribution in [0, 0.1) is 5.82 Å². The summed E-state index contributed by atoms with van der Waals surface area (Å²) >= 11 is 3.24. The van der Waals surface area contributed by atoms with E-state index in [0.717, 1.165) is 4.47 Å². The molecule has 6 heteroatoms. The van der Waals surface area contributed by atoms with Gasteiger partial charge < -0.3 is 16.2 Å². The molecule has 0 heterocycles. The number of aliphatic hydroxyl groups excluding tert-OH is 1. The zero-order chi connectivity index (χ0) is 12.8. The lowest BCUT2D eigenvalue weighted by molar-refractivity contribution is -0.128. The molecule has 0 aliphatic carbocycles. The van der Waals surface area contributed by atoms with Crippen molar-refractivity contribution < 1.29 is 14.3 Å². The van der Waals surface area contributed by atoms with E-state index >= 15 is 0 Å². The Hall–Kier alpha value is -0.980. The highest BCUT2D eigenvalue weighted by molar-refractivity contribution is 9.10. The van der Waals surface area contributed by atoms with E-state index < -0.39 is 12.0 Å². The molecule has 0 fully saturated rings. The van der Waals surface area contributed by atoms with Crippen LogP contribution in [0.5, 0.6) is 0 Å². The monoisotopic (exact) mass is 304 g/mol. The van der Waals surface area contributed by atoms with Crippen LogP contribution in [-0.2, 0) is 11.2 Å². The van der Waals surface area contributed by atoms with Gasteiger partial charge in [0.2, 0.25) is 5.91 Å². The molecule has 4 nitrogen and oxygen atoms in total. The maximum absolute atomic E-state index is 13.3. The molecule has 0 aliphatic rings. The van der Waals surface area contributed by atoms with Crippen LogP contribution in [0.25, 0.3) is 0 Å². The third-order valence-corrected chi connectivity index (χ3v) is 2.72. The summed E-state index contributed by atoms with van der Waals surface area (Å²) in [4.78, 5) is 11.2. The molecule has 1 rings (SSSR count). The van der Waals surface area contributed by atoms with Crippen molar-refractivity contribution in [2.45, 2.75) is 12.5 Å². The number of carbonyl (C=O) groups excluding carboxylic acids is 1. The molecule has 94 valence electrons. The van der Waals surface area contributed by atoms with Crippen LogP contribution in [0.3, 0.4) is 0 Å². The summed E-state index contributed by atoms with van der Waals surface area (Å²) < 4.78 is 14.1. The molecule has 4 N–H and O–H groups in total. The summed E-state index contributed by atoms with van der Waals surface area (Å²) in [5.74, 6) is -0.857. The summed E-state index contributed by atoms with van der Waals surface area (Å²) in [5, 5.41) is 11.6. The minimum atomic E-state index is -1.21. The third kappa shape index (κ3) is 4.41. The number of hydrogen-bond donors (Lipinski definition) is 3. The predicted octanol–water partition coefficient (Wildman–Crippen LogP) is 0.567. The van der Waals surface area contributed by atoms with Crippen LogP contribution in [0.15, 0.2) is 22.7 Å². The Labute approximate surface area is 107 Å². The minimum absolute atomic E-state index is 0.128. The second kappa shape index (κ2) is 6.68. The average molecular weight is 305 g/mol. The lowest BCUT2D eigenvalue weighted by Gasteiger charge is -2.09. The first-order valence-electron chi connectivity index (χ1n) is 5.14. The van der Waals surface area contributed by atoms with Crippen LogP contribution in [0.1, 0.15) is 5.56 Å². The van der Waals surface area contributed by atoms with Crippen molar-refractivity contribution in [2.24, 2.45) is 5.73 Å². The van der Waals surface area contributed by atoms with E-state index in [-0.39, 0.29) is 18.9 Å². The third-order valence-electron chi connectivity index (χ3n) is 2.23. The number of nitrogens with one attached hydrogen (secondary N) is 1. The van der Waals surface area contributed by atoms with Crippen molar-refractivity contribution in [3.63, 3.8) is 0 Å². The van der Waals surface area contributed by atoms with Gasteiger partial charge in [0.15, 0.2) is 0 Å². The summed E-state index contributed by atoms with van der Waals surface area (Å²) in [6.45, 7) is 0.125. The lowest BCUT2D eigenvalue weighted by atomic mass is 10.1. The molecule has 0 aromatic heterocycles. The van der Waals surface area contributed by atoms with Gasteiger partial charge in [0.25, 0.3) is 0 Å². The van der Waals surface area contributed by atoms with Crippen LogP contribution in [0.2, 0.25) is 0 Å². The quantitative estimate of drug-likeness (QED) is 0.744. The fourth-order valence-corrected chi connectivity index (χ4v) is 1.69. The molecule has 0 aliphatic heterocycles. The molecule has 0 bridgehead atoms. The fourth-order valence-electron chi connectivity index (χ4n) is 1.28. The topological polar surface area (TPSA) is 75.3 Å². The largest absolute Gasteiger partial charge is 0.382 e. The number of benzene rings is 1. The molecule has 1 unspecified atom stereocenters. The molecule has 0 radical (unpaired) electrons. The lowest BCUT2D eigenvalue weighted by Crippen LogP contribution is -2.40. The van der Waals surface area contributed by atoms with Crippen LogP contribution in [0.4, 0.5) is 4.39 Å². The molecule has 0 spiro atoms. The highest BCUT2D eigenvalue weighted by Gasteiger charge is 2.12. The maximum atomic E-state index is 13.3. The van der Waals surface area contributed by atoms with Crippen LogP contribution >= 0.6 is 15.9 Å². The first-order valence-corrected chi connectivity index (χ1v) is 5.93. The van der Waals surface area contributed by atoms with Crippen molar-refractivity contribution in [1.82, 2.24) is 5.32 Å². The van der Waals surface area contributed by atoms with Crippen molar-refractivity contribution in [1.29, 1.82) is 0 Å². The Kier molecular flexibility index (Phi) is 5.54. The van der Waals surface area contributed by atoms with Gasteiger partial charge in [-0.05, 0) is 30.2 Å². The normalized spacial score (nSPS) is 12.2. The molecule has 1 amide bonds. The average Bonchev–Trinajstić information content (AvgIpc) is 2.32. The Bertz CT molecular complexity index is 401. The number of nitrogens with two attached hydrogens (primary N) is 1. The zero-order valence-electron chi connectivity index (χ0n) is 9.12. The van der Waals surface area contributed by atoms with Gasteiger partial charge >= 0.3 is 0 Å². The number of aliphatic hydroxyl groups is 1. The number of rotatable bonds is 5. The van der Waals surface area contributed by atoms with Gasteiger partial charge in [0, 0.05) is 17.6 Å². The SMILES string of the molecule is NCC(O)C(=O)NCCc1cc(Br)ccc1F. The Morgan fingerprint density at radius 3 is 2.94 bits per heavy atom. The second-order valence-electron chi connectivity index (χ2n) is 3.53. The molecular weight excluding hydrogens is 291 g/mol. The first-order chi connectivity index (χ1) is 8.04. The van der Waals surface area contributed by atoms with E-state index in [1.165, 1.54) is 6.07 Å². The van der Waals surface area contributed by atoms with Gasteiger partial charge in [-0.1, -0.05) is 15.9 Å². The highest BCUT2D eigenvalue weighted by Crippen LogP contribution is 2.15. The summed E-state index contributed by atoms with van der Waals surface area (Å²) in [5.41, 5.74) is 5.62. The number of carbonyl (C=O) groups is 1. The maximum Gasteiger partial charge on any atom is 0.250 e. The Morgan fingerprint density at radius 2 is 2.29 bits per heavy atom. The highest BCUT2D eigenvalue weighted by atomic mass is 79.9. The molecule has 1 atom stereocenters. The zero-order valence-corrected chi connectivity index (χ0v) is 10.7. The van der Waals surface area contributed by atoms with Gasteiger partial charge in [-0.3, -0.25) is 4.79 Å². The molecular formula is C11H14BrFN2O2. The fraction of sp³-hybridized carbons (Fsp3) is 0.364. The van der Waals surface area contributed by atoms with Crippen molar-refractivity contribution >= 4 is 21.8 Å². The molecule has 1 aromatic rings. The van der Waals surface area contributed by atoms with E-state index in [0.29, 0.717) is 12.0 Å². The Balaban J connectivity index is 2.46. The second-order valence-corrected chi connectivity index (χ2v) is 4.44. The smallest absolute Gasteiger partial charge is 0.250 e. The van der Waals surface area contributed by atoms with Crippen molar-refractivity contribution in [2.75, 3.05) is 13.1 Å². The summed E-state index contributed by atoms with van der Waals surface area (Å²) in [6.07, 6.45) is -0.851. The van der Waals surface area contributed by atoms with E-state index in [9.17, 15) is 9.18 Å². The minimum Gasteiger partial charge on any atom is -0.382 e. The van der Waals surface area contributed by atoms with E-state index in [1.807, 2.05) is 0 Å². The van der Waals surface area contributed by atoms with Gasteiger partial charge in [-0.15, -0.1) is 0 Å². The van der Waals surface area contributed by atoms with Crippen LogP contribution in [-0.4, -0.2) is 30.2 Å². The predicted molar refractivity (Wildman–Crippen MR) is 65.9 cm³/mol. The first kappa shape index (κ1) is 14.1. The van der Waals surface area contributed by atoms with E-state index in [1.54, 1.807) is 12.1 Å². The van der Waals surface area contributed by atoms with E-state index in [4.69, 9.17) is 10.8 Å². The van der Waals surface area contributed by atoms with Crippen LogP contribution < -0.4 is 11.1 Å². The molecule has 17 heavy (non-hydrogen) atoms. The molecule has 0 saturated heterocycles. The van der Waals surface area contributed by atoms with E-state index in [2.05, 4.69) is 21.2 Å². The number of halogens is 2. The molecule has 0 saturated carbocycles. The number of hydrogen-bond acceptors (Lipinski definition) is 3. The standard InChI is InChI=1S/C11H14BrFN2O2/c12-8-1-2-9(13)7(5-8)3-4-15-11(17)10(16)6-14/h1-2,5,10,16H,3-4,6,14H2,(H,15,17). The Morgan fingerprint density at radius 1 is 1.59 bits per heavy atom. The van der Waals surface area contributed by atoms with Gasteiger partial charge in [-0.25, -0.2) is 4.39 Å². The number of amides is 1.